The van der Waals surface area contributed by atoms with Gasteiger partial charge >= 0.3 is 0 Å². The molecule has 0 bridgehead atoms. The molecule has 18 heavy (non-hydrogen) atoms. The summed E-state index contributed by atoms with van der Waals surface area (Å²) in [5.74, 6) is 8.51. The molecule has 2 aliphatic rings. The maximum absolute atomic E-state index is 3.62. The number of hydrogen-bond donors (Lipinski definition) is 1. The Labute approximate surface area is 113 Å². The molecule has 1 nitrogen and oxygen atoms in total. The minimum Gasteiger partial charge on any atom is -0.316 e. The van der Waals surface area contributed by atoms with Crippen molar-refractivity contribution in [3.63, 3.8) is 0 Å². The molecule has 1 heteroatoms. The molecule has 0 radical (unpaired) electrons. The summed E-state index contributed by atoms with van der Waals surface area (Å²) < 4.78 is 0. The number of hydrogen-bond acceptors (Lipinski definition) is 1. The van der Waals surface area contributed by atoms with Gasteiger partial charge in [0, 0.05) is 18.4 Å². The fraction of sp³-hybridized carbons (Fsp3) is 0.882. The van der Waals surface area contributed by atoms with Crippen LogP contribution in [0.2, 0.25) is 0 Å². The van der Waals surface area contributed by atoms with Gasteiger partial charge in [0.2, 0.25) is 0 Å². The average molecular weight is 247 g/mol. The second kappa shape index (κ2) is 8.59. The highest BCUT2D eigenvalue weighted by Crippen LogP contribution is 2.21. The fourth-order valence-corrected chi connectivity index (χ4v) is 3.16. The molecule has 0 amide bonds. The zero-order chi connectivity index (χ0) is 12.5. The van der Waals surface area contributed by atoms with Crippen LogP contribution in [0.5, 0.6) is 0 Å². The molecule has 0 aromatic heterocycles. The molecule has 1 unspecified atom stereocenters. The monoisotopic (exact) mass is 247 g/mol. The Hall–Kier alpha value is -0.480. The molecular weight excluding hydrogens is 218 g/mol. The van der Waals surface area contributed by atoms with E-state index in [0.29, 0.717) is 11.8 Å². The molecular formula is C17H29N. The minimum atomic E-state index is 0.633. The van der Waals surface area contributed by atoms with Crippen molar-refractivity contribution in [1.29, 1.82) is 0 Å². The Morgan fingerprint density at radius 2 is 1.17 bits per heavy atom. The van der Waals surface area contributed by atoms with Gasteiger partial charge in [-0.05, 0) is 32.2 Å². The summed E-state index contributed by atoms with van der Waals surface area (Å²) in [7, 11) is 0. The highest BCUT2D eigenvalue weighted by Gasteiger charge is 2.11. The molecule has 1 saturated carbocycles. The van der Waals surface area contributed by atoms with Gasteiger partial charge in [0.1, 0.15) is 0 Å². The Bertz CT molecular complexity index is 257. The molecule has 0 aromatic rings. The van der Waals surface area contributed by atoms with Crippen molar-refractivity contribution in [3.8, 4) is 11.8 Å². The maximum Gasteiger partial charge on any atom is 0.0328 e. The van der Waals surface area contributed by atoms with Crippen molar-refractivity contribution in [3.05, 3.63) is 0 Å². The summed E-state index contributed by atoms with van der Waals surface area (Å²) in [6.07, 6.45) is 15.4. The topological polar surface area (TPSA) is 12.0 Å². The van der Waals surface area contributed by atoms with E-state index in [0.717, 1.165) is 6.54 Å². The predicted molar refractivity (Wildman–Crippen MR) is 78.4 cm³/mol. The molecule has 1 saturated heterocycles. The maximum atomic E-state index is 3.62. The summed E-state index contributed by atoms with van der Waals surface area (Å²) in [4.78, 5) is 0. The van der Waals surface area contributed by atoms with Crippen LogP contribution in [0.4, 0.5) is 0 Å². The van der Waals surface area contributed by atoms with E-state index >= 15 is 0 Å². The molecule has 0 spiro atoms. The highest BCUT2D eigenvalue weighted by molar-refractivity contribution is 5.08. The Balaban J connectivity index is 1.78. The van der Waals surface area contributed by atoms with Gasteiger partial charge in [0.15, 0.2) is 0 Å². The lowest BCUT2D eigenvalue weighted by Crippen LogP contribution is -2.28. The molecule has 1 aliphatic heterocycles. The van der Waals surface area contributed by atoms with Crippen molar-refractivity contribution < 1.29 is 0 Å². The van der Waals surface area contributed by atoms with E-state index in [1.165, 1.54) is 77.2 Å². The molecule has 1 N–H and O–H groups in total. The van der Waals surface area contributed by atoms with Crippen molar-refractivity contribution in [2.75, 3.05) is 13.1 Å². The molecule has 2 rings (SSSR count). The van der Waals surface area contributed by atoms with Gasteiger partial charge in [0.25, 0.3) is 0 Å². The second-order valence-corrected chi connectivity index (χ2v) is 6.08. The van der Waals surface area contributed by atoms with Crippen molar-refractivity contribution in [1.82, 2.24) is 5.32 Å². The van der Waals surface area contributed by atoms with E-state index in [1.54, 1.807) is 0 Å². The molecule has 1 heterocycles. The predicted octanol–water partition coefficient (Wildman–Crippen LogP) is 4.13. The first-order valence-corrected chi connectivity index (χ1v) is 8.17. The third kappa shape index (κ3) is 5.44. The second-order valence-electron chi connectivity index (χ2n) is 6.08. The van der Waals surface area contributed by atoms with Gasteiger partial charge in [-0.1, -0.05) is 56.8 Å². The highest BCUT2D eigenvalue weighted by atomic mass is 14.9. The quantitative estimate of drug-likeness (QED) is 0.635. The third-order valence-electron chi connectivity index (χ3n) is 4.39. The zero-order valence-corrected chi connectivity index (χ0v) is 11.8. The Kier molecular flexibility index (Phi) is 6.65. The average Bonchev–Trinajstić information content (AvgIpc) is 2.44. The lowest BCUT2D eigenvalue weighted by Gasteiger charge is -2.18. The first-order valence-electron chi connectivity index (χ1n) is 8.17. The smallest absolute Gasteiger partial charge is 0.0328 e. The SMILES string of the molecule is C(#CC1CCCNC1)C1CCCCCCCCC1. The van der Waals surface area contributed by atoms with E-state index in [1.807, 2.05) is 0 Å². The molecule has 1 aliphatic carbocycles. The summed E-state index contributed by atoms with van der Waals surface area (Å²) in [6.45, 7) is 2.32. The van der Waals surface area contributed by atoms with Gasteiger partial charge in [0.05, 0.1) is 0 Å². The number of nitrogens with one attached hydrogen (secondary N) is 1. The van der Waals surface area contributed by atoms with Gasteiger partial charge in [-0.25, -0.2) is 0 Å². The standard InChI is InChI=1S/C17H29N/c1-2-4-6-9-16(10-7-5-3-1)12-13-17-11-8-14-18-15-17/h16-18H,1-11,14-15H2. The molecule has 102 valence electrons. The van der Waals surface area contributed by atoms with Crippen LogP contribution in [-0.4, -0.2) is 13.1 Å². The number of piperidine rings is 1. The lowest BCUT2D eigenvalue weighted by molar-refractivity contribution is 0.440. The lowest BCUT2D eigenvalue weighted by atomic mass is 9.91. The van der Waals surface area contributed by atoms with Crippen molar-refractivity contribution in [2.45, 2.75) is 70.6 Å². The van der Waals surface area contributed by atoms with Gasteiger partial charge < -0.3 is 5.32 Å². The fourth-order valence-electron chi connectivity index (χ4n) is 3.16. The molecule has 1 atom stereocenters. The van der Waals surface area contributed by atoms with Crippen molar-refractivity contribution >= 4 is 0 Å². The van der Waals surface area contributed by atoms with Gasteiger partial charge in [-0.3, -0.25) is 0 Å². The third-order valence-corrected chi connectivity index (χ3v) is 4.39. The van der Waals surface area contributed by atoms with Crippen LogP contribution in [0.15, 0.2) is 0 Å². The zero-order valence-electron chi connectivity index (χ0n) is 11.8. The van der Waals surface area contributed by atoms with Crippen LogP contribution >= 0.6 is 0 Å². The van der Waals surface area contributed by atoms with Crippen LogP contribution in [-0.2, 0) is 0 Å². The van der Waals surface area contributed by atoms with Crippen LogP contribution in [0.25, 0.3) is 0 Å². The van der Waals surface area contributed by atoms with Crippen LogP contribution in [0.1, 0.15) is 70.6 Å². The first-order chi connectivity index (χ1) is 8.95. The first kappa shape index (κ1) is 13.9. The summed E-state index contributed by atoms with van der Waals surface area (Å²) in [5.41, 5.74) is 0. The number of rotatable bonds is 0. The van der Waals surface area contributed by atoms with Crippen LogP contribution < -0.4 is 5.32 Å². The largest absolute Gasteiger partial charge is 0.316 e. The van der Waals surface area contributed by atoms with E-state index < -0.39 is 0 Å². The van der Waals surface area contributed by atoms with E-state index in [2.05, 4.69) is 17.2 Å². The summed E-state index contributed by atoms with van der Waals surface area (Å²) >= 11 is 0. The Morgan fingerprint density at radius 3 is 1.78 bits per heavy atom. The van der Waals surface area contributed by atoms with E-state index in [-0.39, 0.29) is 0 Å². The summed E-state index contributed by atoms with van der Waals surface area (Å²) in [6, 6.07) is 0. The van der Waals surface area contributed by atoms with E-state index in [4.69, 9.17) is 0 Å². The van der Waals surface area contributed by atoms with Gasteiger partial charge in [-0.2, -0.15) is 0 Å². The minimum absolute atomic E-state index is 0.633. The summed E-state index contributed by atoms with van der Waals surface area (Å²) in [5, 5.41) is 3.46. The normalized spacial score (nSPS) is 28.1. The van der Waals surface area contributed by atoms with Crippen molar-refractivity contribution in [2.24, 2.45) is 11.8 Å². The Morgan fingerprint density at radius 1 is 0.611 bits per heavy atom. The van der Waals surface area contributed by atoms with Gasteiger partial charge in [-0.15, -0.1) is 0 Å². The molecule has 2 fully saturated rings. The van der Waals surface area contributed by atoms with Crippen LogP contribution in [0, 0.1) is 23.7 Å². The molecule has 0 aromatic carbocycles. The van der Waals surface area contributed by atoms with E-state index in [9.17, 15) is 0 Å². The van der Waals surface area contributed by atoms with Crippen LogP contribution in [0.3, 0.4) is 0 Å².